The maximum atomic E-state index is 13.3. The second-order valence-electron chi connectivity index (χ2n) is 6.87. The summed E-state index contributed by atoms with van der Waals surface area (Å²) in [6.07, 6.45) is 4.87. The molecule has 0 aliphatic carbocycles. The second kappa shape index (κ2) is 7.30. The summed E-state index contributed by atoms with van der Waals surface area (Å²) in [6.45, 7) is 0.538. The van der Waals surface area contributed by atoms with Crippen molar-refractivity contribution in [3.63, 3.8) is 0 Å². The molecular weight excluding hydrogens is 426 g/mol. The maximum absolute atomic E-state index is 13.3. The van der Waals surface area contributed by atoms with Crippen molar-refractivity contribution in [3.05, 3.63) is 68.1 Å². The zero-order chi connectivity index (χ0) is 20.8. The number of H-pyrrole nitrogens is 1. The van der Waals surface area contributed by atoms with Gasteiger partial charge in [0.2, 0.25) is 0 Å². The van der Waals surface area contributed by atoms with Crippen molar-refractivity contribution in [2.75, 3.05) is 13.7 Å². The number of nitrogens with zero attached hydrogens (tertiary/aromatic N) is 2. The molecule has 0 radical (unpaired) electrons. The fraction of sp³-hybridized carbons (Fsp3) is 0.190. The Morgan fingerprint density at radius 3 is 2.97 bits per heavy atom. The average molecular weight is 442 g/mol. The molecule has 152 valence electrons. The Kier molecular flexibility index (Phi) is 4.60. The number of halogens is 1. The molecule has 1 aromatic carbocycles. The van der Waals surface area contributed by atoms with Crippen molar-refractivity contribution in [2.45, 2.75) is 12.8 Å². The molecule has 4 aromatic rings. The lowest BCUT2D eigenvalue weighted by Gasteiger charge is -2.19. The fourth-order valence-electron chi connectivity index (χ4n) is 3.60. The van der Waals surface area contributed by atoms with E-state index in [1.54, 1.807) is 37.6 Å². The van der Waals surface area contributed by atoms with Gasteiger partial charge in [0.15, 0.2) is 0 Å². The van der Waals surface area contributed by atoms with Gasteiger partial charge in [0.1, 0.15) is 21.9 Å². The summed E-state index contributed by atoms with van der Waals surface area (Å²) in [5.74, 6) is 1.19. The van der Waals surface area contributed by atoms with Crippen LogP contribution in [0, 0.1) is 0 Å². The molecule has 9 heteroatoms. The Morgan fingerprint density at radius 2 is 2.13 bits per heavy atom. The third-order valence-corrected chi connectivity index (χ3v) is 6.53. The molecule has 1 N–H and O–H groups in total. The highest BCUT2D eigenvalue weighted by Gasteiger charge is 2.21. The van der Waals surface area contributed by atoms with Gasteiger partial charge in [0.05, 0.1) is 25.4 Å². The molecule has 0 saturated heterocycles. The van der Waals surface area contributed by atoms with Crippen LogP contribution in [-0.4, -0.2) is 28.3 Å². The van der Waals surface area contributed by atoms with E-state index in [1.807, 2.05) is 0 Å². The van der Waals surface area contributed by atoms with E-state index in [4.69, 9.17) is 21.1 Å². The highest BCUT2D eigenvalue weighted by molar-refractivity contribution is 7.22. The molecule has 30 heavy (non-hydrogen) atoms. The molecule has 0 saturated carbocycles. The first kappa shape index (κ1) is 18.9. The summed E-state index contributed by atoms with van der Waals surface area (Å²) in [6, 6.07) is 7.05. The van der Waals surface area contributed by atoms with E-state index in [0.29, 0.717) is 39.0 Å². The van der Waals surface area contributed by atoms with Gasteiger partial charge in [0, 0.05) is 27.2 Å². The number of rotatable bonds is 3. The summed E-state index contributed by atoms with van der Waals surface area (Å²) in [5, 5.41) is 0.528. The number of fused-ring (bicyclic) bond motifs is 2. The first-order valence-corrected chi connectivity index (χ1v) is 10.5. The number of thiophene rings is 1. The zero-order valence-electron chi connectivity index (χ0n) is 15.9. The van der Waals surface area contributed by atoms with Gasteiger partial charge in [-0.05, 0) is 37.1 Å². The molecule has 0 unspecified atom stereocenters. The summed E-state index contributed by atoms with van der Waals surface area (Å²) in [7, 11) is 1.57. The standard InChI is InChI=1S/C21H16ClN3O4S/c1-28-12-4-5-14(22)13(7-12)17-8-15-19(30-17)20(26)25(21(27)24-15)16-10-23-9-11-3-2-6-29-18(11)16/h4-5,7-10H,2-3,6H2,1H3,(H,24,27). The summed E-state index contributed by atoms with van der Waals surface area (Å²) in [5.41, 5.74) is 1.46. The van der Waals surface area contributed by atoms with Crippen LogP contribution >= 0.6 is 22.9 Å². The Morgan fingerprint density at radius 1 is 1.27 bits per heavy atom. The minimum absolute atomic E-state index is 0.356. The smallest absolute Gasteiger partial charge is 0.333 e. The van der Waals surface area contributed by atoms with E-state index in [2.05, 4.69) is 9.97 Å². The number of hydrogen-bond donors (Lipinski definition) is 1. The van der Waals surface area contributed by atoms with Gasteiger partial charge >= 0.3 is 5.69 Å². The Bertz CT molecular complexity index is 1410. The second-order valence-corrected chi connectivity index (χ2v) is 8.33. The normalized spacial score (nSPS) is 13.1. The molecule has 0 atom stereocenters. The van der Waals surface area contributed by atoms with Crippen molar-refractivity contribution >= 4 is 33.2 Å². The lowest BCUT2D eigenvalue weighted by Crippen LogP contribution is -2.33. The number of aryl methyl sites for hydroxylation is 1. The third kappa shape index (κ3) is 3.00. The maximum Gasteiger partial charge on any atom is 0.333 e. The number of hydrogen-bond acceptors (Lipinski definition) is 6. The first-order chi connectivity index (χ1) is 14.6. The van der Waals surface area contributed by atoms with Crippen molar-refractivity contribution in [2.24, 2.45) is 0 Å². The van der Waals surface area contributed by atoms with Gasteiger partial charge in [-0.25, -0.2) is 9.36 Å². The fourth-order valence-corrected chi connectivity index (χ4v) is 4.95. The topological polar surface area (TPSA) is 86.2 Å². The first-order valence-electron chi connectivity index (χ1n) is 9.29. The number of nitrogens with one attached hydrogen (secondary N) is 1. The van der Waals surface area contributed by atoms with Gasteiger partial charge in [-0.3, -0.25) is 9.78 Å². The van der Waals surface area contributed by atoms with Gasteiger partial charge in [0.25, 0.3) is 5.56 Å². The van der Waals surface area contributed by atoms with E-state index in [1.165, 1.54) is 17.5 Å². The molecule has 0 fully saturated rings. The third-order valence-electron chi connectivity index (χ3n) is 5.04. The predicted octanol–water partition coefficient (Wildman–Crippen LogP) is 3.79. The van der Waals surface area contributed by atoms with Crippen LogP contribution in [0.25, 0.3) is 26.3 Å². The van der Waals surface area contributed by atoms with Gasteiger partial charge in [-0.15, -0.1) is 11.3 Å². The van der Waals surface area contributed by atoms with E-state index < -0.39 is 11.2 Å². The molecule has 3 aromatic heterocycles. The van der Waals surface area contributed by atoms with Crippen LogP contribution < -0.4 is 20.7 Å². The van der Waals surface area contributed by atoms with E-state index >= 15 is 0 Å². The van der Waals surface area contributed by atoms with E-state index in [0.717, 1.165) is 33.4 Å². The number of aromatic nitrogens is 3. The van der Waals surface area contributed by atoms with Gasteiger partial charge < -0.3 is 14.5 Å². The highest BCUT2D eigenvalue weighted by atomic mass is 35.5. The largest absolute Gasteiger partial charge is 0.497 e. The summed E-state index contributed by atoms with van der Waals surface area (Å²) >= 11 is 7.62. The summed E-state index contributed by atoms with van der Waals surface area (Å²) < 4.78 is 12.5. The highest BCUT2D eigenvalue weighted by Crippen LogP contribution is 2.37. The summed E-state index contributed by atoms with van der Waals surface area (Å²) in [4.78, 5) is 33.9. The van der Waals surface area contributed by atoms with Crippen LogP contribution in [0.4, 0.5) is 0 Å². The minimum Gasteiger partial charge on any atom is -0.497 e. The number of benzene rings is 1. The van der Waals surface area contributed by atoms with Crippen LogP contribution in [0.2, 0.25) is 5.02 Å². The molecule has 1 aliphatic heterocycles. The van der Waals surface area contributed by atoms with Crippen LogP contribution in [-0.2, 0) is 6.42 Å². The van der Waals surface area contributed by atoms with E-state index in [-0.39, 0.29) is 0 Å². The number of pyridine rings is 1. The molecule has 4 heterocycles. The number of ether oxygens (including phenoxy) is 2. The van der Waals surface area contributed by atoms with Crippen molar-refractivity contribution in [1.82, 2.24) is 14.5 Å². The molecule has 0 spiro atoms. The molecule has 1 aliphatic rings. The SMILES string of the molecule is COc1ccc(Cl)c(-c2cc3[nH]c(=O)n(-c4cncc5c4OCCC5)c(=O)c3s2)c1. The molecule has 7 nitrogen and oxygen atoms in total. The lowest BCUT2D eigenvalue weighted by atomic mass is 10.1. The molecule has 5 rings (SSSR count). The van der Waals surface area contributed by atoms with Crippen LogP contribution in [0.3, 0.4) is 0 Å². The monoisotopic (exact) mass is 441 g/mol. The Labute approximate surface area is 179 Å². The quantitative estimate of drug-likeness (QED) is 0.522. The minimum atomic E-state index is -0.544. The van der Waals surface area contributed by atoms with E-state index in [9.17, 15) is 9.59 Å². The molecule has 0 amide bonds. The van der Waals surface area contributed by atoms with Crippen molar-refractivity contribution in [3.8, 4) is 27.6 Å². The number of aromatic amines is 1. The molecule has 0 bridgehead atoms. The zero-order valence-corrected chi connectivity index (χ0v) is 17.5. The van der Waals surface area contributed by atoms with Crippen molar-refractivity contribution < 1.29 is 9.47 Å². The predicted molar refractivity (Wildman–Crippen MR) is 117 cm³/mol. The van der Waals surface area contributed by atoms with Gasteiger partial charge in [-0.2, -0.15) is 0 Å². The molecular formula is C21H16ClN3O4S. The Hall–Kier alpha value is -3.10. The average Bonchev–Trinajstić information content (AvgIpc) is 3.18. The van der Waals surface area contributed by atoms with Crippen LogP contribution in [0.1, 0.15) is 12.0 Å². The Balaban J connectivity index is 1.73. The van der Waals surface area contributed by atoms with Crippen LogP contribution in [0.5, 0.6) is 11.5 Å². The van der Waals surface area contributed by atoms with Crippen LogP contribution in [0.15, 0.2) is 46.2 Å². The van der Waals surface area contributed by atoms with Gasteiger partial charge in [-0.1, -0.05) is 11.6 Å². The lowest BCUT2D eigenvalue weighted by molar-refractivity contribution is 0.286. The van der Waals surface area contributed by atoms with Crippen molar-refractivity contribution in [1.29, 1.82) is 0 Å². The number of methoxy groups -OCH3 is 1.